The van der Waals surface area contributed by atoms with Crippen LogP contribution in [0.3, 0.4) is 0 Å². The predicted molar refractivity (Wildman–Crippen MR) is 166 cm³/mol. The average Bonchev–Trinajstić information content (AvgIpc) is 3.44. The van der Waals surface area contributed by atoms with Gasteiger partial charge in [0.1, 0.15) is 23.7 Å². The number of aryl methyl sites for hydroxylation is 1. The maximum Gasteiger partial charge on any atom is 0.230 e. The molecule has 3 aromatic carbocycles. The zero-order valence-electron chi connectivity index (χ0n) is 24.9. The summed E-state index contributed by atoms with van der Waals surface area (Å²) in [5, 5.41) is 1.02. The molecule has 0 bridgehead atoms. The molecule has 4 aromatic rings. The Balaban J connectivity index is 1.09. The first-order valence-electron chi connectivity index (χ1n) is 14.8. The highest BCUT2D eigenvalue weighted by molar-refractivity contribution is 6.31. The van der Waals surface area contributed by atoms with Crippen LogP contribution in [0, 0.1) is 18.2 Å². The average molecular weight is 620 g/mol. The van der Waals surface area contributed by atoms with E-state index in [2.05, 4.69) is 14.9 Å². The van der Waals surface area contributed by atoms with Crippen LogP contribution >= 0.6 is 11.6 Å². The minimum atomic E-state index is -0.387. The number of nitrogens with zero attached hydrogens (tertiary/aromatic N) is 3. The lowest BCUT2D eigenvalue weighted by molar-refractivity contribution is -0.117. The number of likely N-dealkylation sites (tertiary alicyclic amines) is 1. The van der Waals surface area contributed by atoms with Gasteiger partial charge in [0.25, 0.3) is 0 Å². The smallest absolute Gasteiger partial charge is 0.230 e. The third-order valence-corrected chi connectivity index (χ3v) is 8.66. The summed E-state index contributed by atoms with van der Waals surface area (Å²) in [5.41, 5.74) is 2.95. The van der Waals surface area contributed by atoms with E-state index in [4.69, 9.17) is 30.5 Å². The maximum atomic E-state index is 14.1. The van der Waals surface area contributed by atoms with Crippen LogP contribution in [0.2, 0.25) is 5.02 Å². The van der Waals surface area contributed by atoms with E-state index in [1.165, 1.54) is 18.8 Å². The Labute approximate surface area is 261 Å². The van der Waals surface area contributed by atoms with E-state index >= 15 is 0 Å². The molecule has 0 radical (unpaired) electrons. The fraction of sp³-hybridized carbons (Fsp3) is 0.382. The Kier molecular flexibility index (Phi) is 8.98. The SMILES string of the molecule is COc1cc2c(Oc3ccc(CC(=O)Cc4cc(C)ccc4F)c(Cl)c3)ncnc2cc1OCCCN1CCC2(COC2)C1. The van der Waals surface area contributed by atoms with Crippen molar-refractivity contribution >= 4 is 28.3 Å². The molecular weight excluding hydrogens is 585 g/mol. The van der Waals surface area contributed by atoms with Crippen molar-refractivity contribution in [1.82, 2.24) is 14.9 Å². The lowest BCUT2D eigenvalue weighted by Gasteiger charge is -2.37. The molecule has 230 valence electrons. The molecule has 3 heterocycles. The predicted octanol–water partition coefficient (Wildman–Crippen LogP) is 6.38. The first kappa shape index (κ1) is 30.2. The fourth-order valence-corrected chi connectivity index (χ4v) is 6.12. The second-order valence-electron chi connectivity index (χ2n) is 11.8. The molecule has 2 aliphatic rings. The van der Waals surface area contributed by atoms with Gasteiger partial charge in [0.05, 0.1) is 37.8 Å². The number of hydrogen-bond acceptors (Lipinski definition) is 8. The fourth-order valence-electron chi connectivity index (χ4n) is 5.88. The first-order chi connectivity index (χ1) is 21.3. The van der Waals surface area contributed by atoms with Crippen LogP contribution in [-0.4, -0.2) is 67.2 Å². The number of Topliss-reactive ketones (excluding diaryl/α,β-unsaturated/α-hetero) is 1. The Morgan fingerprint density at radius 2 is 1.91 bits per heavy atom. The molecule has 0 saturated carbocycles. The summed E-state index contributed by atoms with van der Waals surface area (Å²) < 4.78 is 37.4. The molecule has 0 amide bonds. The number of ether oxygens (including phenoxy) is 4. The number of fused-ring (bicyclic) bond motifs is 1. The number of methoxy groups -OCH3 is 1. The molecule has 0 atom stereocenters. The van der Waals surface area contributed by atoms with E-state index in [1.807, 2.05) is 13.0 Å². The summed E-state index contributed by atoms with van der Waals surface area (Å²) in [6, 6.07) is 13.5. The Morgan fingerprint density at radius 3 is 2.66 bits per heavy atom. The number of ketones is 1. The van der Waals surface area contributed by atoms with Gasteiger partial charge in [-0.05, 0) is 61.7 Å². The van der Waals surface area contributed by atoms with Crippen molar-refractivity contribution in [3.63, 3.8) is 0 Å². The standard InChI is InChI=1S/C34H35ClFN3O5/c1-22-4-7-29(36)24(12-22)14-25(40)13-23-5-6-26(15-28(23)35)44-33-27-16-31(41-2)32(17-30(27)37-21-38-33)43-11-3-9-39-10-8-34(18-39)19-42-20-34/h4-7,12,15-17,21H,3,8-11,13-14,18-20H2,1-2H3. The van der Waals surface area contributed by atoms with E-state index in [0.29, 0.717) is 62.2 Å². The van der Waals surface area contributed by atoms with E-state index in [-0.39, 0.29) is 24.4 Å². The van der Waals surface area contributed by atoms with Gasteiger partial charge >= 0.3 is 0 Å². The molecule has 0 aliphatic carbocycles. The van der Waals surface area contributed by atoms with Crippen molar-refractivity contribution in [2.75, 3.05) is 46.6 Å². The summed E-state index contributed by atoms with van der Waals surface area (Å²) in [4.78, 5) is 23.9. The number of rotatable bonds is 12. The molecule has 44 heavy (non-hydrogen) atoms. The lowest BCUT2D eigenvalue weighted by Crippen LogP contribution is -2.44. The van der Waals surface area contributed by atoms with Crippen LogP contribution in [0.25, 0.3) is 10.9 Å². The number of hydrogen-bond donors (Lipinski definition) is 0. The number of carbonyl (C=O) groups excluding carboxylic acids is 1. The molecule has 1 spiro atoms. The molecular formula is C34H35ClFN3O5. The molecule has 2 fully saturated rings. The second-order valence-corrected chi connectivity index (χ2v) is 12.2. The van der Waals surface area contributed by atoms with Crippen molar-refractivity contribution in [2.24, 2.45) is 5.41 Å². The Bertz CT molecular complexity index is 1680. The van der Waals surface area contributed by atoms with Crippen LogP contribution in [0.1, 0.15) is 29.5 Å². The van der Waals surface area contributed by atoms with Gasteiger partial charge in [0.15, 0.2) is 11.5 Å². The largest absolute Gasteiger partial charge is 0.493 e. The lowest BCUT2D eigenvalue weighted by atomic mass is 9.85. The zero-order valence-corrected chi connectivity index (χ0v) is 25.7. The maximum absolute atomic E-state index is 14.1. The highest BCUT2D eigenvalue weighted by atomic mass is 35.5. The normalized spacial score (nSPS) is 15.8. The highest BCUT2D eigenvalue weighted by Crippen LogP contribution is 2.38. The monoisotopic (exact) mass is 619 g/mol. The van der Waals surface area contributed by atoms with Crippen molar-refractivity contribution in [1.29, 1.82) is 0 Å². The van der Waals surface area contributed by atoms with E-state index < -0.39 is 0 Å². The van der Waals surface area contributed by atoms with Crippen molar-refractivity contribution < 1.29 is 28.1 Å². The Hall–Kier alpha value is -3.79. The summed E-state index contributed by atoms with van der Waals surface area (Å²) in [5.74, 6) is 1.43. The highest BCUT2D eigenvalue weighted by Gasteiger charge is 2.43. The van der Waals surface area contributed by atoms with Gasteiger partial charge in [0, 0.05) is 42.4 Å². The van der Waals surface area contributed by atoms with Crippen LogP contribution in [0.5, 0.6) is 23.1 Å². The van der Waals surface area contributed by atoms with Gasteiger partial charge in [-0.25, -0.2) is 14.4 Å². The summed E-state index contributed by atoms with van der Waals surface area (Å²) in [6.07, 6.45) is 3.62. The van der Waals surface area contributed by atoms with Crippen molar-refractivity contribution in [3.8, 4) is 23.1 Å². The van der Waals surface area contributed by atoms with Crippen molar-refractivity contribution in [2.45, 2.75) is 32.6 Å². The number of halogens is 2. The topological polar surface area (TPSA) is 83.0 Å². The first-order valence-corrected chi connectivity index (χ1v) is 15.2. The molecule has 10 heteroatoms. The van der Waals surface area contributed by atoms with Crippen LogP contribution in [0.15, 0.2) is 54.9 Å². The van der Waals surface area contributed by atoms with Gasteiger partial charge in [-0.2, -0.15) is 0 Å². The van der Waals surface area contributed by atoms with Gasteiger partial charge in [-0.1, -0.05) is 35.4 Å². The van der Waals surface area contributed by atoms with Gasteiger partial charge < -0.3 is 23.8 Å². The van der Waals surface area contributed by atoms with Gasteiger partial charge in [-0.15, -0.1) is 0 Å². The molecule has 6 rings (SSSR count). The summed E-state index contributed by atoms with van der Waals surface area (Å²) in [6.45, 7) is 7.40. The molecule has 2 aliphatic heterocycles. The van der Waals surface area contributed by atoms with Crippen LogP contribution < -0.4 is 14.2 Å². The van der Waals surface area contributed by atoms with Crippen molar-refractivity contribution in [3.05, 3.63) is 82.4 Å². The molecule has 1 aromatic heterocycles. The minimum Gasteiger partial charge on any atom is -0.493 e. The number of carbonyl (C=O) groups is 1. The van der Waals surface area contributed by atoms with E-state index in [1.54, 1.807) is 43.5 Å². The van der Waals surface area contributed by atoms with Gasteiger partial charge in [0.2, 0.25) is 5.88 Å². The zero-order chi connectivity index (χ0) is 30.7. The van der Waals surface area contributed by atoms with Gasteiger partial charge in [-0.3, -0.25) is 4.79 Å². The molecule has 0 unspecified atom stereocenters. The summed E-state index contributed by atoms with van der Waals surface area (Å²) >= 11 is 6.53. The van der Waals surface area contributed by atoms with E-state index in [9.17, 15) is 9.18 Å². The van der Waals surface area contributed by atoms with Crippen LogP contribution in [-0.2, 0) is 22.4 Å². The van der Waals surface area contributed by atoms with Crippen LogP contribution in [0.4, 0.5) is 4.39 Å². The quantitative estimate of drug-likeness (QED) is 0.169. The molecule has 0 N–H and O–H groups in total. The third kappa shape index (κ3) is 6.80. The Morgan fingerprint density at radius 1 is 1.07 bits per heavy atom. The summed E-state index contributed by atoms with van der Waals surface area (Å²) in [7, 11) is 1.59. The van der Waals surface area contributed by atoms with E-state index in [0.717, 1.165) is 44.8 Å². The third-order valence-electron chi connectivity index (χ3n) is 8.31. The number of aromatic nitrogens is 2. The second kappa shape index (κ2) is 13.1. The minimum absolute atomic E-state index is 0.00252. The molecule has 2 saturated heterocycles. The number of benzene rings is 3. The molecule has 8 nitrogen and oxygen atoms in total.